The fourth-order valence-corrected chi connectivity index (χ4v) is 4.45. The minimum atomic E-state index is -1.30. The Hall–Kier alpha value is -4.37. The van der Waals surface area contributed by atoms with E-state index in [1.165, 1.54) is 74.9 Å². The fraction of sp³-hybridized carbons (Fsp3) is 0.167. The van der Waals surface area contributed by atoms with Crippen LogP contribution in [0.3, 0.4) is 0 Å². The molecule has 0 aliphatic rings. The van der Waals surface area contributed by atoms with Gasteiger partial charge in [-0.1, -0.05) is 24.3 Å². The van der Waals surface area contributed by atoms with Crippen molar-refractivity contribution in [3.8, 4) is 33.8 Å². The lowest BCUT2D eigenvalue weighted by atomic mass is 9.96. The van der Waals surface area contributed by atoms with Gasteiger partial charge in [0.05, 0.1) is 14.2 Å². The predicted molar refractivity (Wildman–Crippen MR) is 140 cm³/mol. The number of carbonyl (C=O) groups is 1. The Morgan fingerprint density at radius 2 is 1.18 bits per heavy atom. The molecule has 0 saturated carbocycles. The molecule has 4 rings (SSSR count). The third-order valence-electron chi connectivity index (χ3n) is 6.42. The maximum Gasteiger partial charge on any atom is 0.239 e. The van der Waals surface area contributed by atoms with E-state index in [0.29, 0.717) is 33.8 Å². The van der Waals surface area contributed by atoms with Gasteiger partial charge in [-0.3, -0.25) is 10.1 Å². The van der Waals surface area contributed by atoms with Crippen LogP contribution < -0.4 is 20.5 Å². The summed E-state index contributed by atoms with van der Waals surface area (Å²) in [5.41, 5.74) is 7.13. The summed E-state index contributed by atoms with van der Waals surface area (Å²) < 4.78 is 68.6. The zero-order valence-corrected chi connectivity index (χ0v) is 21.4. The molecule has 39 heavy (non-hydrogen) atoms. The smallest absolute Gasteiger partial charge is 0.239 e. The zero-order chi connectivity index (χ0) is 28.3. The molecule has 1 amide bonds. The van der Waals surface area contributed by atoms with E-state index < -0.39 is 41.3 Å². The summed E-state index contributed by atoms with van der Waals surface area (Å²) in [5, 5.41) is 2.89. The van der Waals surface area contributed by atoms with Crippen LogP contribution in [-0.2, 0) is 4.79 Å². The van der Waals surface area contributed by atoms with Crippen LogP contribution in [0, 0.1) is 23.3 Å². The molecule has 202 valence electrons. The number of ether oxygens (including phenoxy) is 2. The normalized spacial score (nSPS) is 12.6. The molecule has 3 N–H and O–H groups in total. The number of benzene rings is 4. The highest BCUT2D eigenvalue weighted by atomic mass is 19.1. The number of rotatable bonds is 9. The molecule has 0 saturated heterocycles. The van der Waals surface area contributed by atoms with Crippen molar-refractivity contribution < 1.29 is 31.8 Å². The molecule has 0 fully saturated rings. The lowest BCUT2D eigenvalue weighted by Gasteiger charge is -2.23. The van der Waals surface area contributed by atoms with Crippen molar-refractivity contribution in [3.05, 3.63) is 107 Å². The van der Waals surface area contributed by atoms with Crippen molar-refractivity contribution in [3.63, 3.8) is 0 Å². The van der Waals surface area contributed by atoms with E-state index in [1.807, 2.05) is 0 Å². The molecule has 0 aliphatic carbocycles. The van der Waals surface area contributed by atoms with E-state index in [2.05, 4.69) is 5.32 Å². The maximum absolute atomic E-state index is 15.3. The minimum absolute atomic E-state index is 0.0602. The predicted octanol–water partition coefficient (Wildman–Crippen LogP) is 6.47. The Bertz CT molecular complexity index is 1530. The van der Waals surface area contributed by atoms with Crippen LogP contribution in [0.15, 0.2) is 72.8 Å². The van der Waals surface area contributed by atoms with E-state index in [-0.39, 0.29) is 11.1 Å². The van der Waals surface area contributed by atoms with Crippen molar-refractivity contribution in [2.24, 2.45) is 5.73 Å². The second kappa shape index (κ2) is 11.6. The van der Waals surface area contributed by atoms with E-state index in [1.54, 1.807) is 13.0 Å². The van der Waals surface area contributed by atoms with Gasteiger partial charge < -0.3 is 15.2 Å². The Labute approximate surface area is 223 Å². The summed E-state index contributed by atoms with van der Waals surface area (Å²) in [6.45, 7) is 1.60. The Morgan fingerprint density at radius 1 is 0.718 bits per heavy atom. The average molecular weight is 539 g/mol. The molecule has 0 bridgehead atoms. The summed E-state index contributed by atoms with van der Waals surface area (Å²) in [6, 6.07) is 14.1. The van der Waals surface area contributed by atoms with Crippen molar-refractivity contribution in [1.82, 2.24) is 5.32 Å². The molecule has 0 heterocycles. The molecule has 0 aliphatic heterocycles. The number of halogens is 4. The van der Waals surface area contributed by atoms with Crippen LogP contribution in [0.2, 0.25) is 0 Å². The van der Waals surface area contributed by atoms with Gasteiger partial charge in [-0.05, 0) is 66.6 Å². The third kappa shape index (κ3) is 5.88. The van der Waals surface area contributed by atoms with Crippen LogP contribution in [0.5, 0.6) is 11.5 Å². The second-order valence-corrected chi connectivity index (χ2v) is 8.89. The molecule has 5 nitrogen and oxygen atoms in total. The molecular weight excluding hydrogens is 512 g/mol. The zero-order valence-electron chi connectivity index (χ0n) is 21.4. The van der Waals surface area contributed by atoms with Crippen LogP contribution in [0.4, 0.5) is 17.6 Å². The summed E-state index contributed by atoms with van der Waals surface area (Å²) in [7, 11) is 2.84. The highest BCUT2D eigenvalue weighted by Gasteiger charge is 2.26. The molecule has 9 heteroatoms. The van der Waals surface area contributed by atoms with Gasteiger partial charge in [0.1, 0.15) is 40.8 Å². The van der Waals surface area contributed by atoms with Crippen molar-refractivity contribution in [1.29, 1.82) is 0 Å². The summed E-state index contributed by atoms with van der Waals surface area (Å²) in [5.74, 6) is -2.58. The molecule has 2 unspecified atom stereocenters. The number of nitrogens with one attached hydrogen (secondary N) is 1. The highest BCUT2D eigenvalue weighted by Crippen LogP contribution is 2.35. The maximum atomic E-state index is 15.3. The Balaban J connectivity index is 1.62. The standard InChI is InChI=1S/C30H26F4N2O3/c1-16(21-8-4-17(12-25(21)33)23-14-19(31)6-10-27(23)38-2)36-29(30(35)37)22-9-5-18(13-26(22)34)24-15-20(32)7-11-28(24)39-3/h4-16,29,36H,1-3H3,(H2,35,37). The Kier molecular flexibility index (Phi) is 8.21. The number of carbonyl (C=O) groups excluding carboxylic acids is 1. The van der Waals surface area contributed by atoms with E-state index in [9.17, 15) is 13.6 Å². The molecule has 2 atom stereocenters. The largest absolute Gasteiger partial charge is 0.496 e. The van der Waals surface area contributed by atoms with Gasteiger partial charge >= 0.3 is 0 Å². The van der Waals surface area contributed by atoms with E-state index in [4.69, 9.17) is 15.2 Å². The van der Waals surface area contributed by atoms with Gasteiger partial charge in [-0.25, -0.2) is 17.6 Å². The number of amides is 1. The third-order valence-corrected chi connectivity index (χ3v) is 6.42. The summed E-state index contributed by atoms with van der Waals surface area (Å²) >= 11 is 0. The van der Waals surface area contributed by atoms with Crippen LogP contribution in [0.25, 0.3) is 22.3 Å². The van der Waals surface area contributed by atoms with Crippen molar-refractivity contribution >= 4 is 5.91 Å². The van der Waals surface area contributed by atoms with Crippen molar-refractivity contribution in [2.45, 2.75) is 19.0 Å². The van der Waals surface area contributed by atoms with Gasteiger partial charge in [-0.2, -0.15) is 0 Å². The molecule has 4 aromatic carbocycles. The molecule has 4 aromatic rings. The number of methoxy groups -OCH3 is 2. The first-order valence-corrected chi connectivity index (χ1v) is 11.9. The van der Waals surface area contributed by atoms with Crippen LogP contribution in [-0.4, -0.2) is 20.1 Å². The first kappa shape index (κ1) is 27.7. The topological polar surface area (TPSA) is 73.6 Å². The fourth-order valence-electron chi connectivity index (χ4n) is 4.45. The van der Waals surface area contributed by atoms with Gasteiger partial charge in [0, 0.05) is 28.3 Å². The SMILES string of the molecule is COc1ccc(F)cc1-c1ccc(C(C)NC(C(N)=O)c2ccc(-c3cc(F)ccc3OC)cc2F)c(F)c1. The molecule has 0 aromatic heterocycles. The van der Waals surface area contributed by atoms with Gasteiger partial charge in [0.2, 0.25) is 5.91 Å². The van der Waals surface area contributed by atoms with E-state index in [0.717, 1.165) is 6.07 Å². The molecule has 0 spiro atoms. The highest BCUT2D eigenvalue weighted by molar-refractivity contribution is 5.82. The molecular formula is C30H26F4N2O3. The average Bonchev–Trinajstić information content (AvgIpc) is 2.91. The van der Waals surface area contributed by atoms with Gasteiger partial charge in [0.25, 0.3) is 0 Å². The Morgan fingerprint density at radius 3 is 1.59 bits per heavy atom. The number of hydrogen-bond donors (Lipinski definition) is 2. The first-order chi connectivity index (χ1) is 18.6. The number of hydrogen-bond acceptors (Lipinski definition) is 4. The quantitative estimate of drug-likeness (QED) is 0.240. The monoisotopic (exact) mass is 538 g/mol. The van der Waals surface area contributed by atoms with Crippen LogP contribution >= 0.6 is 0 Å². The lowest BCUT2D eigenvalue weighted by molar-refractivity contribution is -0.120. The summed E-state index contributed by atoms with van der Waals surface area (Å²) in [4.78, 5) is 12.3. The molecule has 0 radical (unpaired) electrons. The summed E-state index contributed by atoms with van der Waals surface area (Å²) in [6.07, 6.45) is 0. The van der Waals surface area contributed by atoms with Gasteiger partial charge in [0.15, 0.2) is 0 Å². The second-order valence-electron chi connectivity index (χ2n) is 8.89. The first-order valence-electron chi connectivity index (χ1n) is 11.9. The minimum Gasteiger partial charge on any atom is -0.496 e. The number of primary amides is 1. The van der Waals surface area contributed by atoms with E-state index >= 15 is 8.78 Å². The lowest BCUT2D eigenvalue weighted by Crippen LogP contribution is -2.36. The van der Waals surface area contributed by atoms with Crippen molar-refractivity contribution in [2.75, 3.05) is 14.2 Å². The van der Waals surface area contributed by atoms with Gasteiger partial charge in [-0.15, -0.1) is 0 Å². The van der Waals surface area contributed by atoms with Crippen LogP contribution in [0.1, 0.15) is 30.1 Å². The number of nitrogens with two attached hydrogens (primary N) is 1.